The number of amides is 2. The standard InChI is InChI=1S/C40H58N14O12P2S2Si/c1-20(2)32(56)47-38-45-30-26(34(58)49-38)43-18-53(30)36-28(55)24-22(64-36)16-62-68(70,61-15-11-13-42)52-25-23(17-63-67(69,51-24)60-14-10-12-41)65-37(29(25)66-71(8,9)40(5,6)7)54-19-44-27-31(54)46-39(50-35(27)59)48-33(57)21(3)4/h18-25,28-29,36-37,55H,10-11,14-17H2,1-9H3,(H,51,69)(H,52,70)(H2,45,47,49,56,58)(H2,46,48,50,57,59)/t22-,23-,24-,25-,28-,29-,36-,37-,67?,68?/m1/s1. The maximum absolute atomic E-state index is 13.4. The summed E-state index contributed by atoms with van der Waals surface area (Å²) in [7, 11) is -2.79. The fraction of sp³-hybridized carbons (Fsp3) is 0.650. The summed E-state index contributed by atoms with van der Waals surface area (Å²) in [6.07, 6.45) is -4.60. The van der Waals surface area contributed by atoms with Crippen molar-refractivity contribution in [3.05, 3.63) is 33.4 Å². The molecule has 7 heterocycles. The summed E-state index contributed by atoms with van der Waals surface area (Å²) in [6.45, 7) is 8.36. The van der Waals surface area contributed by atoms with Crippen LogP contribution in [0, 0.1) is 34.5 Å². The minimum atomic E-state index is -3.79. The van der Waals surface area contributed by atoms with Gasteiger partial charge >= 0.3 is 0 Å². The number of hydrogen-bond donors (Lipinski definition) is 7. The average Bonchev–Trinajstić information content (AvgIpc) is 4.06. The number of aromatic amines is 2. The lowest BCUT2D eigenvalue weighted by atomic mass is 10.1. The first-order valence-electron chi connectivity index (χ1n) is 22.7. The number of carbonyl (C=O) groups is 2. The number of rotatable bonds is 14. The van der Waals surface area contributed by atoms with E-state index in [4.69, 9.17) is 55.6 Å². The van der Waals surface area contributed by atoms with Gasteiger partial charge in [0, 0.05) is 11.8 Å². The van der Waals surface area contributed by atoms with Crippen LogP contribution in [-0.4, -0.2) is 127 Å². The zero-order valence-electron chi connectivity index (χ0n) is 40.4. The van der Waals surface area contributed by atoms with Crippen molar-refractivity contribution in [1.29, 1.82) is 10.5 Å². The summed E-state index contributed by atoms with van der Waals surface area (Å²) in [5, 5.41) is 42.7. The SMILES string of the molecule is CC(C)C(=O)Nc1nc2c(ncn2[C@@H]2O[C@@H]3COP(=S)(OCCC#N)N[C@H]4[C@@H](O[Si](C)(C)C(C)(C)C)[C@H](n5cnc6c(=O)[nH]c(NC(=O)C(C)C)nc65)O[C@@H]4COP(=S)(OCCC#N)N[C@H]3[C@H]2O)c(=O)[nH]1. The molecule has 0 aliphatic carbocycles. The number of aliphatic hydroxyl groups excluding tert-OH is 1. The lowest BCUT2D eigenvalue weighted by molar-refractivity contribution is -0.119. The fourth-order valence-electron chi connectivity index (χ4n) is 7.40. The molecule has 0 spiro atoms. The monoisotopic (exact) mass is 1080 g/mol. The third-order valence-electron chi connectivity index (χ3n) is 12.3. The molecule has 7 N–H and O–H groups in total. The van der Waals surface area contributed by atoms with Gasteiger partial charge in [-0.3, -0.25) is 48.9 Å². The number of aliphatic hydroxyl groups is 1. The molecule has 71 heavy (non-hydrogen) atoms. The van der Waals surface area contributed by atoms with Crippen LogP contribution in [0.5, 0.6) is 0 Å². The van der Waals surface area contributed by atoms with E-state index in [-0.39, 0.29) is 84.4 Å². The Morgan fingerprint density at radius 3 is 1.72 bits per heavy atom. The van der Waals surface area contributed by atoms with Crippen molar-refractivity contribution in [3.8, 4) is 12.1 Å². The minimum absolute atomic E-state index is 0.0306. The maximum atomic E-state index is 13.4. The molecule has 2 amide bonds. The van der Waals surface area contributed by atoms with Crippen molar-refractivity contribution >= 4 is 91.3 Å². The topological polar surface area (TPSA) is 342 Å². The van der Waals surface area contributed by atoms with Gasteiger partial charge in [0.2, 0.25) is 23.7 Å². The molecule has 0 bridgehead atoms. The van der Waals surface area contributed by atoms with Gasteiger partial charge in [-0.05, 0) is 41.7 Å². The predicted octanol–water partition coefficient (Wildman–Crippen LogP) is 3.26. The molecule has 31 heteroatoms. The molecule has 0 saturated carbocycles. The maximum Gasteiger partial charge on any atom is 0.280 e. The number of carbonyl (C=O) groups excluding carboxylic acids is 2. The number of hydrogen-bond acceptors (Lipinski definition) is 20. The van der Waals surface area contributed by atoms with Gasteiger partial charge < -0.3 is 37.1 Å². The van der Waals surface area contributed by atoms with Crippen molar-refractivity contribution in [3.63, 3.8) is 0 Å². The quantitative estimate of drug-likeness (QED) is 0.0541. The van der Waals surface area contributed by atoms with E-state index in [2.05, 4.69) is 77.6 Å². The van der Waals surface area contributed by atoms with Gasteiger partial charge in [-0.1, -0.05) is 48.5 Å². The highest BCUT2D eigenvalue weighted by molar-refractivity contribution is 8.09. The average molecular weight is 1080 g/mol. The molecule has 3 aliphatic rings. The highest BCUT2D eigenvalue weighted by atomic mass is 32.5. The van der Waals surface area contributed by atoms with E-state index < -0.39 is 99.4 Å². The van der Waals surface area contributed by atoms with E-state index in [1.807, 2.05) is 19.2 Å². The third-order valence-corrected chi connectivity index (χ3v) is 21.9. The zero-order valence-corrected chi connectivity index (χ0v) is 44.8. The Morgan fingerprint density at radius 2 is 1.27 bits per heavy atom. The van der Waals surface area contributed by atoms with E-state index >= 15 is 0 Å². The van der Waals surface area contributed by atoms with E-state index in [1.165, 1.54) is 21.8 Å². The molecule has 0 radical (unpaired) electrons. The van der Waals surface area contributed by atoms with Crippen molar-refractivity contribution in [2.75, 3.05) is 37.1 Å². The van der Waals surface area contributed by atoms with E-state index in [9.17, 15) is 34.8 Å². The Balaban J connectivity index is 1.32. The van der Waals surface area contributed by atoms with E-state index in [0.29, 0.717) is 0 Å². The Labute approximate surface area is 418 Å². The van der Waals surface area contributed by atoms with Crippen molar-refractivity contribution in [2.24, 2.45) is 11.8 Å². The molecule has 4 aromatic heterocycles. The molecular weight excluding hydrogens is 1020 g/mol. The first kappa shape index (κ1) is 54.5. The Morgan fingerprint density at radius 1 is 0.831 bits per heavy atom. The summed E-state index contributed by atoms with van der Waals surface area (Å²) in [6, 6.07) is 1.96. The number of H-pyrrole nitrogens is 2. The van der Waals surface area contributed by atoms with Crippen molar-refractivity contribution in [1.82, 2.24) is 49.2 Å². The highest BCUT2D eigenvalue weighted by Crippen LogP contribution is 2.53. The fourth-order valence-corrected chi connectivity index (χ4v) is 13.4. The van der Waals surface area contributed by atoms with Gasteiger partial charge in [0.1, 0.15) is 24.4 Å². The molecule has 10 atom stereocenters. The number of anilines is 2. The largest absolute Gasteiger partial charge is 0.408 e. The number of nitriles is 2. The molecule has 7 rings (SSSR count). The van der Waals surface area contributed by atoms with Crippen LogP contribution in [0.3, 0.4) is 0 Å². The molecule has 3 aliphatic heterocycles. The second-order valence-electron chi connectivity index (χ2n) is 19.1. The number of nitrogens with one attached hydrogen (secondary N) is 6. The van der Waals surface area contributed by atoms with E-state index in [0.717, 1.165) is 0 Å². The number of nitrogens with zero attached hydrogens (tertiary/aromatic N) is 8. The number of imidazole rings is 2. The second-order valence-corrected chi connectivity index (χ2v) is 30.3. The van der Waals surface area contributed by atoms with Crippen LogP contribution in [0.15, 0.2) is 22.2 Å². The lowest BCUT2D eigenvalue weighted by Crippen LogP contribution is -2.53. The van der Waals surface area contributed by atoms with Gasteiger partial charge in [-0.2, -0.15) is 20.5 Å². The molecule has 26 nitrogen and oxygen atoms in total. The Kier molecular flexibility index (Phi) is 16.6. The van der Waals surface area contributed by atoms with Gasteiger partial charge in [0.25, 0.3) is 24.4 Å². The van der Waals surface area contributed by atoms with Crippen LogP contribution in [0.4, 0.5) is 11.9 Å². The smallest absolute Gasteiger partial charge is 0.280 e. The van der Waals surface area contributed by atoms with E-state index in [1.54, 1.807) is 27.7 Å². The summed E-state index contributed by atoms with van der Waals surface area (Å²) < 4.78 is 49.1. The zero-order chi connectivity index (χ0) is 51.8. The summed E-state index contributed by atoms with van der Waals surface area (Å²) >= 11 is 12.4. The van der Waals surface area contributed by atoms with Crippen molar-refractivity contribution in [2.45, 2.75) is 128 Å². The minimum Gasteiger partial charge on any atom is -0.408 e. The Hall–Kier alpha value is -4.26. The third kappa shape index (κ3) is 11.9. The molecule has 0 aromatic carbocycles. The molecule has 2 unspecified atom stereocenters. The molecule has 3 fully saturated rings. The number of ether oxygens (including phenoxy) is 2. The number of fused-ring (bicyclic) bond motifs is 4. The molecular formula is C40H58N14O12P2S2Si. The first-order valence-corrected chi connectivity index (χ1v) is 30.9. The van der Waals surface area contributed by atoms with Crippen LogP contribution >= 0.6 is 13.3 Å². The van der Waals surface area contributed by atoms with Crippen LogP contribution in [0.25, 0.3) is 22.3 Å². The number of aromatic nitrogens is 8. The lowest BCUT2D eigenvalue weighted by Gasteiger charge is -2.41. The molecule has 3 saturated heterocycles. The van der Waals surface area contributed by atoms with Gasteiger partial charge in [0.15, 0.2) is 43.1 Å². The predicted molar refractivity (Wildman–Crippen MR) is 266 cm³/mol. The normalized spacial score (nSPS) is 28.5. The van der Waals surface area contributed by atoms with Crippen LogP contribution in [-0.2, 0) is 65.2 Å². The second kappa shape index (κ2) is 21.7. The molecule has 386 valence electrons. The van der Waals surface area contributed by atoms with Gasteiger partial charge in [-0.25, -0.2) is 20.1 Å². The summed E-state index contributed by atoms with van der Waals surface area (Å²) in [4.78, 5) is 74.6. The van der Waals surface area contributed by atoms with Gasteiger partial charge in [-0.15, -0.1) is 0 Å². The van der Waals surface area contributed by atoms with Crippen LogP contribution < -0.4 is 31.9 Å². The highest BCUT2D eigenvalue weighted by Gasteiger charge is 2.55. The Bertz CT molecular complexity index is 2950. The summed E-state index contributed by atoms with van der Waals surface area (Å²) in [5.74, 6) is -1.94. The first-order chi connectivity index (χ1) is 33.4. The summed E-state index contributed by atoms with van der Waals surface area (Å²) in [5.41, 5.74) is -1.42. The van der Waals surface area contributed by atoms with Gasteiger partial charge in [0.05, 0.1) is 76.1 Å². The van der Waals surface area contributed by atoms with Crippen LogP contribution in [0.2, 0.25) is 18.1 Å². The van der Waals surface area contributed by atoms with Crippen molar-refractivity contribution < 1.29 is 46.7 Å². The van der Waals surface area contributed by atoms with Crippen LogP contribution in [0.1, 0.15) is 73.8 Å². The molecule has 4 aromatic rings.